The number of methoxy groups -OCH3 is 1. The van der Waals surface area contributed by atoms with E-state index in [9.17, 15) is 4.79 Å². The van der Waals surface area contributed by atoms with Gasteiger partial charge in [-0.3, -0.25) is 4.79 Å². The number of esters is 1. The fourth-order valence-electron chi connectivity index (χ4n) is 0.773. The zero-order valence-corrected chi connectivity index (χ0v) is 7.71. The Morgan fingerprint density at radius 3 is 2.58 bits per heavy atom. The molecule has 0 aromatic rings. The van der Waals surface area contributed by atoms with E-state index in [4.69, 9.17) is 15.2 Å². The average Bonchev–Trinajstić information content (AvgIpc) is 2.07. The van der Waals surface area contributed by atoms with Crippen molar-refractivity contribution in [1.82, 2.24) is 0 Å². The van der Waals surface area contributed by atoms with E-state index in [-0.39, 0.29) is 11.9 Å². The summed E-state index contributed by atoms with van der Waals surface area (Å²) < 4.78 is 9.61. The number of ether oxygens (including phenoxy) is 2. The van der Waals surface area contributed by atoms with E-state index in [0.717, 1.165) is 6.42 Å². The van der Waals surface area contributed by atoms with Crippen molar-refractivity contribution in [3.8, 4) is 0 Å². The maximum absolute atomic E-state index is 11.1. The molecule has 1 unspecified atom stereocenters. The Balaban J connectivity index is 3.54. The highest BCUT2D eigenvalue weighted by Gasteiger charge is 2.15. The first-order valence-electron chi connectivity index (χ1n) is 4.11. The maximum Gasteiger partial charge on any atom is 0.310 e. The normalized spacial score (nSPS) is 12.6. The summed E-state index contributed by atoms with van der Waals surface area (Å²) in [5, 5.41) is 0. The summed E-state index contributed by atoms with van der Waals surface area (Å²) in [6.45, 7) is 3.01. The Morgan fingerprint density at radius 2 is 2.17 bits per heavy atom. The molecule has 2 N–H and O–H groups in total. The molecule has 0 aromatic carbocycles. The van der Waals surface area contributed by atoms with Crippen LogP contribution in [0.3, 0.4) is 0 Å². The largest absolute Gasteiger partial charge is 0.463 e. The molecule has 0 heterocycles. The monoisotopic (exact) mass is 175 g/mol. The highest BCUT2D eigenvalue weighted by atomic mass is 16.6. The van der Waals surface area contributed by atoms with Crippen molar-refractivity contribution in [1.29, 1.82) is 0 Å². The number of rotatable bonds is 6. The van der Waals surface area contributed by atoms with Crippen LogP contribution in [0.5, 0.6) is 0 Å². The highest BCUT2D eigenvalue weighted by Crippen LogP contribution is 2.02. The minimum absolute atomic E-state index is 0.165. The summed E-state index contributed by atoms with van der Waals surface area (Å²) in [7, 11) is 1.56. The van der Waals surface area contributed by atoms with Gasteiger partial charge in [-0.2, -0.15) is 0 Å². The molecule has 0 aliphatic rings. The van der Waals surface area contributed by atoms with Gasteiger partial charge < -0.3 is 15.2 Å². The third kappa shape index (κ3) is 4.31. The number of carbonyl (C=O) groups is 1. The third-order valence-corrected chi connectivity index (χ3v) is 1.64. The van der Waals surface area contributed by atoms with Gasteiger partial charge >= 0.3 is 5.97 Å². The summed E-state index contributed by atoms with van der Waals surface area (Å²) >= 11 is 0. The summed E-state index contributed by atoms with van der Waals surface area (Å²) in [4.78, 5) is 11.1. The van der Waals surface area contributed by atoms with E-state index >= 15 is 0 Å². The van der Waals surface area contributed by atoms with Crippen molar-refractivity contribution in [2.24, 2.45) is 11.7 Å². The number of hydrogen-bond donors (Lipinski definition) is 1. The van der Waals surface area contributed by atoms with E-state index in [2.05, 4.69) is 0 Å². The standard InChI is InChI=1S/C8H17NO3/c1-3-7(6-9)8(10)12-5-4-11-2/h7H,3-6,9H2,1-2H3. The van der Waals surface area contributed by atoms with Gasteiger partial charge in [-0.1, -0.05) is 6.92 Å². The molecule has 0 aromatic heterocycles. The summed E-state index contributed by atoms with van der Waals surface area (Å²) in [6.07, 6.45) is 0.725. The van der Waals surface area contributed by atoms with Crippen LogP contribution >= 0.6 is 0 Å². The fraction of sp³-hybridized carbons (Fsp3) is 0.875. The van der Waals surface area contributed by atoms with Crippen LogP contribution in [0.4, 0.5) is 0 Å². The smallest absolute Gasteiger partial charge is 0.310 e. The molecule has 0 fully saturated rings. The lowest BCUT2D eigenvalue weighted by Gasteiger charge is -2.10. The van der Waals surface area contributed by atoms with E-state index < -0.39 is 0 Å². The van der Waals surface area contributed by atoms with Gasteiger partial charge in [0.25, 0.3) is 0 Å². The number of nitrogens with two attached hydrogens (primary N) is 1. The van der Waals surface area contributed by atoms with Crippen LogP contribution in [0.2, 0.25) is 0 Å². The van der Waals surface area contributed by atoms with Gasteiger partial charge in [-0.15, -0.1) is 0 Å². The molecule has 0 aliphatic carbocycles. The maximum atomic E-state index is 11.1. The third-order valence-electron chi connectivity index (χ3n) is 1.64. The Morgan fingerprint density at radius 1 is 1.50 bits per heavy atom. The fourth-order valence-corrected chi connectivity index (χ4v) is 0.773. The minimum atomic E-state index is -0.225. The summed E-state index contributed by atoms with van der Waals surface area (Å²) in [5.74, 6) is -0.390. The quantitative estimate of drug-likeness (QED) is 0.461. The van der Waals surface area contributed by atoms with Crippen LogP contribution in [0.25, 0.3) is 0 Å². The Hall–Kier alpha value is -0.610. The number of hydrogen-bond acceptors (Lipinski definition) is 4. The summed E-state index contributed by atoms with van der Waals surface area (Å²) in [5.41, 5.74) is 5.36. The molecule has 0 bridgehead atoms. The van der Waals surface area contributed by atoms with Crippen molar-refractivity contribution >= 4 is 5.97 Å². The van der Waals surface area contributed by atoms with Crippen molar-refractivity contribution in [3.05, 3.63) is 0 Å². The highest BCUT2D eigenvalue weighted by molar-refractivity contribution is 5.72. The molecule has 0 rings (SSSR count). The molecule has 0 amide bonds. The first kappa shape index (κ1) is 11.4. The second-order valence-electron chi connectivity index (χ2n) is 2.50. The van der Waals surface area contributed by atoms with Gasteiger partial charge in [0, 0.05) is 13.7 Å². The van der Waals surface area contributed by atoms with Gasteiger partial charge in [-0.25, -0.2) is 0 Å². The van der Waals surface area contributed by atoms with E-state index in [1.165, 1.54) is 0 Å². The summed E-state index contributed by atoms with van der Waals surface area (Å²) in [6, 6.07) is 0. The van der Waals surface area contributed by atoms with Crippen LogP contribution in [0.15, 0.2) is 0 Å². The molecular formula is C8H17NO3. The van der Waals surface area contributed by atoms with Gasteiger partial charge in [0.1, 0.15) is 6.61 Å². The first-order valence-corrected chi connectivity index (χ1v) is 4.11. The lowest BCUT2D eigenvalue weighted by molar-refractivity contribution is -0.149. The molecule has 12 heavy (non-hydrogen) atoms. The van der Waals surface area contributed by atoms with Crippen LogP contribution < -0.4 is 5.73 Å². The predicted octanol–water partition coefficient (Wildman–Crippen LogP) is 0.161. The molecule has 0 saturated heterocycles. The lowest BCUT2D eigenvalue weighted by atomic mass is 10.1. The first-order chi connectivity index (χ1) is 5.76. The van der Waals surface area contributed by atoms with Crippen molar-refractivity contribution in [2.75, 3.05) is 26.9 Å². The second kappa shape index (κ2) is 7.06. The Labute approximate surface area is 73.0 Å². The van der Waals surface area contributed by atoms with Gasteiger partial charge in [-0.05, 0) is 6.42 Å². The molecule has 72 valence electrons. The molecule has 4 nitrogen and oxygen atoms in total. The van der Waals surface area contributed by atoms with Gasteiger partial charge in [0.15, 0.2) is 0 Å². The van der Waals surface area contributed by atoms with Crippen molar-refractivity contribution in [2.45, 2.75) is 13.3 Å². The zero-order chi connectivity index (χ0) is 9.40. The molecule has 1 atom stereocenters. The van der Waals surface area contributed by atoms with Crippen LogP contribution in [-0.2, 0) is 14.3 Å². The zero-order valence-electron chi connectivity index (χ0n) is 7.71. The second-order valence-corrected chi connectivity index (χ2v) is 2.50. The molecule has 0 saturated carbocycles. The molecule has 0 spiro atoms. The van der Waals surface area contributed by atoms with Crippen molar-refractivity contribution < 1.29 is 14.3 Å². The Kier molecular flexibility index (Phi) is 6.70. The van der Waals surface area contributed by atoms with Crippen LogP contribution in [0, 0.1) is 5.92 Å². The van der Waals surface area contributed by atoms with Gasteiger partial charge in [0.2, 0.25) is 0 Å². The van der Waals surface area contributed by atoms with E-state index in [1.54, 1.807) is 7.11 Å². The molecule has 0 aliphatic heterocycles. The lowest BCUT2D eigenvalue weighted by Crippen LogP contribution is -2.26. The topological polar surface area (TPSA) is 61.6 Å². The van der Waals surface area contributed by atoms with Crippen LogP contribution in [0.1, 0.15) is 13.3 Å². The molecule has 0 radical (unpaired) electrons. The molecular weight excluding hydrogens is 158 g/mol. The number of carbonyl (C=O) groups excluding carboxylic acids is 1. The predicted molar refractivity (Wildman–Crippen MR) is 45.7 cm³/mol. The SMILES string of the molecule is CCC(CN)C(=O)OCCOC. The van der Waals surface area contributed by atoms with E-state index in [1.807, 2.05) is 6.92 Å². The minimum Gasteiger partial charge on any atom is -0.463 e. The average molecular weight is 175 g/mol. The van der Waals surface area contributed by atoms with Crippen molar-refractivity contribution in [3.63, 3.8) is 0 Å². The van der Waals surface area contributed by atoms with Crippen LogP contribution in [-0.4, -0.2) is 32.8 Å². The van der Waals surface area contributed by atoms with Gasteiger partial charge in [0.05, 0.1) is 12.5 Å². The molecule has 4 heteroatoms. The van der Waals surface area contributed by atoms with E-state index in [0.29, 0.717) is 19.8 Å². The Bertz CT molecular complexity index is 123.